The number of halogens is 4. The average molecular weight is 532 g/mol. The summed E-state index contributed by atoms with van der Waals surface area (Å²) in [7, 11) is -4.14. The molecule has 182 valence electrons. The lowest BCUT2D eigenvalue weighted by Crippen LogP contribution is -2.35. The fourth-order valence-electron chi connectivity index (χ4n) is 3.64. The van der Waals surface area contributed by atoms with Crippen LogP contribution >= 0.6 is 22.9 Å². The van der Waals surface area contributed by atoms with E-state index < -0.39 is 33.1 Å². The summed E-state index contributed by atoms with van der Waals surface area (Å²) >= 11 is 7.12. The Hall–Kier alpha value is -2.47. The number of ether oxygens (including phenoxy) is 1. The lowest BCUT2D eigenvalue weighted by Gasteiger charge is -2.27. The van der Waals surface area contributed by atoms with Crippen LogP contribution in [0.5, 0.6) is 5.75 Å². The fraction of sp³-hybridized carbons (Fsp3) is 0.273. The maximum absolute atomic E-state index is 13.6. The summed E-state index contributed by atoms with van der Waals surface area (Å²) in [5.41, 5.74) is 5.53. The van der Waals surface area contributed by atoms with Gasteiger partial charge in [-0.25, -0.2) is 8.42 Å². The standard InChI is InChI=1S/C22H21ClF3N3O3S2/c1-21(7-8-28-12-21)32-18-10-15(5-6-17(18)22(24,25)26)29-34(30,31)19-11-16(20(23)33-19)13-3-2-4-14(27)9-13/h2-6,9-11,28-29H,7-8,12,27H2,1H3/t21-/m1/s1. The van der Waals surface area contributed by atoms with E-state index in [2.05, 4.69) is 10.0 Å². The summed E-state index contributed by atoms with van der Waals surface area (Å²) in [6.45, 7) is 2.69. The summed E-state index contributed by atoms with van der Waals surface area (Å²) in [5, 5.41) is 3.05. The number of sulfonamides is 1. The van der Waals surface area contributed by atoms with Gasteiger partial charge in [0.15, 0.2) is 0 Å². The Morgan fingerprint density at radius 1 is 1.21 bits per heavy atom. The second kappa shape index (κ2) is 8.95. The smallest absolute Gasteiger partial charge is 0.419 e. The summed E-state index contributed by atoms with van der Waals surface area (Å²) in [6, 6.07) is 11.1. The van der Waals surface area contributed by atoms with Crippen molar-refractivity contribution >= 4 is 44.3 Å². The molecule has 0 radical (unpaired) electrons. The molecular weight excluding hydrogens is 511 g/mol. The van der Waals surface area contributed by atoms with Gasteiger partial charge in [-0.05, 0) is 49.4 Å². The molecule has 0 amide bonds. The van der Waals surface area contributed by atoms with Crippen molar-refractivity contribution in [2.75, 3.05) is 23.5 Å². The number of nitrogen functional groups attached to an aromatic ring is 1. The predicted octanol–water partition coefficient (Wildman–Crippen LogP) is 5.60. The summed E-state index contributed by atoms with van der Waals surface area (Å²) in [5.74, 6) is -0.441. The normalized spacial score (nSPS) is 18.7. The zero-order valence-electron chi connectivity index (χ0n) is 17.9. The summed E-state index contributed by atoms with van der Waals surface area (Å²) in [4.78, 5) is 0. The van der Waals surface area contributed by atoms with Crippen LogP contribution in [0, 0.1) is 0 Å². The topological polar surface area (TPSA) is 93.5 Å². The second-order valence-electron chi connectivity index (χ2n) is 8.17. The molecule has 0 bridgehead atoms. The zero-order valence-corrected chi connectivity index (χ0v) is 20.3. The monoisotopic (exact) mass is 531 g/mol. The first-order valence-corrected chi connectivity index (χ1v) is 12.8. The first-order valence-electron chi connectivity index (χ1n) is 10.2. The molecule has 6 nitrogen and oxygen atoms in total. The maximum atomic E-state index is 13.6. The molecule has 1 saturated heterocycles. The van der Waals surface area contributed by atoms with Crippen LogP contribution in [0.2, 0.25) is 4.34 Å². The highest BCUT2D eigenvalue weighted by Gasteiger charge is 2.38. The molecule has 4 rings (SSSR count). The van der Waals surface area contributed by atoms with Crippen molar-refractivity contribution in [3.05, 3.63) is 58.4 Å². The molecule has 1 aliphatic rings. The third kappa shape index (κ3) is 5.27. The van der Waals surface area contributed by atoms with Gasteiger partial charge in [-0.3, -0.25) is 4.72 Å². The van der Waals surface area contributed by atoms with Gasteiger partial charge in [0.2, 0.25) is 0 Å². The number of benzene rings is 2. The van der Waals surface area contributed by atoms with E-state index in [0.717, 1.165) is 29.5 Å². The molecule has 2 aromatic carbocycles. The first kappa shape index (κ1) is 24.6. The van der Waals surface area contributed by atoms with Crippen LogP contribution in [0.3, 0.4) is 0 Å². The molecular formula is C22H21ClF3N3O3S2. The molecule has 3 aromatic rings. The molecule has 1 atom stereocenters. The van der Waals surface area contributed by atoms with Crippen LogP contribution in [-0.4, -0.2) is 27.1 Å². The Morgan fingerprint density at radius 2 is 1.97 bits per heavy atom. The Morgan fingerprint density at radius 3 is 2.62 bits per heavy atom. The number of hydrogen-bond donors (Lipinski definition) is 3. The minimum absolute atomic E-state index is 0.0624. The number of alkyl halides is 3. The summed E-state index contributed by atoms with van der Waals surface area (Å²) < 4.78 is 74.9. The lowest BCUT2D eigenvalue weighted by molar-refractivity contribution is -0.139. The van der Waals surface area contributed by atoms with E-state index in [-0.39, 0.29) is 14.2 Å². The van der Waals surface area contributed by atoms with Crippen LogP contribution < -0.4 is 20.5 Å². The van der Waals surface area contributed by atoms with Gasteiger partial charge in [-0.15, -0.1) is 11.3 Å². The number of nitrogens with two attached hydrogens (primary N) is 1. The van der Waals surface area contributed by atoms with Crippen LogP contribution in [0.1, 0.15) is 18.9 Å². The molecule has 1 aliphatic heterocycles. The van der Waals surface area contributed by atoms with Gasteiger partial charge in [0.1, 0.15) is 19.9 Å². The maximum Gasteiger partial charge on any atom is 0.419 e. The first-order chi connectivity index (χ1) is 15.9. The average Bonchev–Trinajstić information content (AvgIpc) is 3.33. The van der Waals surface area contributed by atoms with E-state index in [9.17, 15) is 21.6 Å². The van der Waals surface area contributed by atoms with Crippen molar-refractivity contribution in [2.45, 2.75) is 29.3 Å². The van der Waals surface area contributed by atoms with Crippen molar-refractivity contribution < 1.29 is 26.3 Å². The Bertz CT molecular complexity index is 1320. The SMILES string of the molecule is C[C@@]1(Oc2cc(NS(=O)(=O)c3cc(-c4cccc(N)c4)c(Cl)s3)ccc2C(F)(F)F)CCNC1. The summed E-state index contributed by atoms with van der Waals surface area (Å²) in [6.07, 6.45) is -4.15. The third-order valence-corrected chi connectivity index (χ3v) is 8.57. The quantitative estimate of drug-likeness (QED) is 0.360. The van der Waals surface area contributed by atoms with E-state index in [1.807, 2.05) is 0 Å². The molecule has 0 spiro atoms. The van der Waals surface area contributed by atoms with Crippen molar-refractivity contribution in [1.29, 1.82) is 0 Å². The van der Waals surface area contributed by atoms with Crippen molar-refractivity contribution in [3.8, 4) is 16.9 Å². The lowest BCUT2D eigenvalue weighted by atomic mass is 10.1. The van der Waals surface area contributed by atoms with Gasteiger partial charge in [0.05, 0.1) is 11.3 Å². The van der Waals surface area contributed by atoms with Crippen LogP contribution in [0.25, 0.3) is 11.1 Å². The Balaban J connectivity index is 1.65. The minimum Gasteiger partial charge on any atom is -0.485 e. The number of anilines is 2. The molecule has 0 aliphatic carbocycles. The van der Waals surface area contributed by atoms with Crippen LogP contribution in [0.4, 0.5) is 24.5 Å². The fourth-order valence-corrected chi connectivity index (χ4v) is 6.45. The highest BCUT2D eigenvalue weighted by atomic mass is 35.5. The molecule has 4 N–H and O–H groups in total. The number of hydrogen-bond acceptors (Lipinski definition) is 6. The predicted molar refractivity (Wildman–Crippen MR) is 128 cm³/mol. The van der Waals surface area contributed by atoms with Crippen molar-refractivity contribution in [2.24, 2.45) is 0 Å². The number of nitrogens with one attached hydrogen (secondary N) is 2. The zero-order chi connectivity index (χ0) is 24.7. The largest absolute Gasteiger partial charge is 0.485 e. The van der Waals surface area contributed by atoms with Gasteiger partial charge in [-0.2, -0.15) is 13.2 Å². The second-order valence-corrected chi connectivity index (χ2v) is 11.7. The van der Waals surface area contributed by atoms with Crippen LogP contribution in [0.15, 0.2) is 52.7 Å². The molecule has 2 heterocycles. The highest BCUT2D eigenvalue weighted by molar-refractivity contribution is 7.94. The number of thiophene rings is 1. The van der Waals surface area contributed by atoms with Crippen LogP contribution in [-0.2, 0) is 16.2 Å². The van der Waals surface area contributed by atoms with Gasteiger partial charge < -0.3 is 15.8 Å². The Kier molecular flexibility index (Phi) is 6.49. The molecule has 0 unspecified atom stereocenters. The van der Waals surface area contributed by atoms with Crippen molar-refractivity contribution in [3.63, 3.8) is 0 Å². The van der Waals surface area contributed by atoms with Gasteiger partial charge in [0, 0.05) is 30.3 Å². The molecule has 0 saturated carbocycles. The molecule has 12 heteroatoms. The van der Waals surface area contributed by atoms with E-state index in [0.29, 0.717) is 36.3 Å². The Labute approximate surface area is 203 Å². The van der Waals surface area contributed by atoms with Gasteiger partial charge >= 0.3 is 6.18 Å². The van der Waals surface area contributed by atoms with Gasteiger partial charge in [0.25, 0.3) is 10.0 Å². The van der Waals surface area contributed by atoms with Crippen molar-refractivity contribution in [1.82, 2.24) is 5.32 Å². The molecule has 34 heavy (non-hydrogen) atoms. The van der Waals surface area contributed by atoms with E-state index in [1.54, 1.807) is 31.2 Å². The van der Waals surface area contributed by atoms with Gasteiger partial charge in [-0.1, -0.05) is 23.7 Å². The number of rotatable bonds is 6. The highest BCUT2D eigenvalue weighted by Crippen LogP contribution is 2.41. The molecule has 1 aromatic heterocycles. The third-order valence-electron chi connectivity index (χ3n) is 5.35. The van der Waals surface area contributed by atoms with E-state index in [4.69, 9.17) is 22.1 Å². The van der Waals surface area contributed by atoms with E-state index >= 15 is 0 Å². The molecule has 1 fully saturated rings. The van der Waals surface area contributed by atoms with E-state index in [1.165, 1.54) is 6.07 Å². The minimum atomic E-state index is -4.66.